The van der Waals surface area contributed by atoms with Crippen molar-refractivity contribution in [3.05, 3.63) is 66.9 Å². The maximum Gasteiger partial charge on any atom is 0.261 e. The number of anilines is 1. The first-order chi connectivity index (χ1) is 12.5. The van der Waals surface area contributed by atoms with Crippen LogP contribution < -0.4 is 14.2 Å². The molecule has 3 aromatic rings. The molecule has 0 fully saturated rings. The lowest BCUT2D eigenvalue weighted by atomic mass is 10.1. The lowest BCUT2D eigenvalue weighted by Gasteiger charge is -2.12. The van der Waals surface area contributed by atoms with E-state index in [4.69, 9.17) is 9.47 Å². The van der Waals surface area contributed by atoms with E-state index in [0.29, 0.717) is 22.9 Å². The SMILES string of the molecule is COc1ccc(-c2ncccc2NS(=O)(=O)c2ccc(OC)cc2)cc1. The van der Waals surface area contributed by atoms with Crippen LogP contribution in [0.1, 0.15) is 0 Å². The molecule has 0 bridgehead atoms. The summed E-state index contributed by atoms with van der Waals surface area (Å²) in [5.41, 5.74) is 1.71. The zero-order valence-corrected chi connectivity index (χ0v) is 15.2. The number of methoxy groups -OCH3 is 2. The molecule has 134 valence electrons. The van der Waals surface area contributed by atoms with Crippen molar-refractivity contribution in [2.24, 2.45) is 0 Å². The highest BCUT2D eigenvalue weighted by Gasteiger charge is 2.17. The Bertz CT molecular complexity index is 985. The zero-order chi connectivity index (χ0) is 18.6. The van der Waals surface area contributed by atoms with Crippen molar-refractivity contribution in [1.29, 1.82) is 0 Å². The van der Waals surface area contributed by atoms with Crippen molar-refractivity contribution in [1.82, 2.24) is 4.98 Å². The van der Waals surface area contributed by atoms with Crippen LogP contribution in [-0.2, 0) is 10.0 Å². The van der Waals surface area contributed by atoms with Crippen LogP contribution in [0.4, 0.5) is 5.69 Å². The number of sulfonamides is 1. The summed E-state index contributed by atoms with van der Waals surface area (Å²) < 4.78 is 38.2. The molecule has 0 aliphatic carbocycles. The third-order valence-corrected chi connectivity index (χ3v) is 5.17. The third-order valence-electron chi connectivity index (χ3n) is 3.79. The average molecular weight is 370 g/mol. The number of nitrogens with zero attached hydrogens (tertiary/aromatic N) is 1. The highest BCUT2D eigenvalue weighted by molar-refractivity contribution is 7.92. The Hall–Kier alpha value is -3.06. The Balaban J connectivity index is 1.94. The van der Waals surface area contributed by atoms with Crippen molar-refractivity contribution in [3.8, 4) is 22.8 Å². The second-order valence-corrected chi connectivity index (χ2v) is 7.09. The molecule has 0 saturated carbocycles. The zero-order valence-electron chi connectivity index (χ0n) is 14.3. The van der Waals surface area contributed by atoms with E-state index in [0.717, 1.165) is 5.56 Å². The number of ether oxygens (including phenoxy) is 2. The molecule has 0 atom stereocenters. The quantitative estimate of drug-likeness (QED) is 0.718. The molecule has 1 heterocycles. The first kappa shape index (κ1) is 17.8. The Morgan fingerprint density at radius 1 is 0.846 bits per heavy atom. The molecular formula is C19H18N2O4S. The minimum atomic E-state index is -3.75. The van der Waals surface area contributed by atoms with Gasteiger partial charge in [-0.3, -0.25) is 9.71 Å². The van der Waals surface area contributed by atoms with Crippen LogP contribution in [0.3, 0.4) is 0 Å². The van der Waals surface area contributed by atoms with Gasteiger partial charge in [0.05, 0.1) is 30.5 Å². The summed E-state index contributed by atoms with van der Waals surface area (Å²) in [5.74, 6) is 1.30. The van der Waals surface area contributed by atoms with Crippen molar-refractivity contribution in [3.63, 3.8) is 0 Å². The average Bonchev–Trinajstić information content (AvgIpc) is 2.68. The van der Waals surface area contributed by atoms with Crippen LogP contribution in [0.15, 0.2) is 71.8 Å². The third kappa shape index (κ3) is 3.78. The fraction of sp³-hybridized carbons (Fsp3) is 0.105. The molecule has 0 saturated heterocycles. The summed E-state index contributed by atoms with van der Waals surface area (Å²) in [4.78, 5) is 4.46. The van der Waals surface area contributed by atoms with Crippen LogP contribution in [0, 0.1) is 0 Å². The Morgan fingerprint density at radius 3 is 2.00 bits per heavy atom. The van der Waals surface area contributed by atoms with E-state index >= 15 is 0 Å². The van der Waals surface area contributed by atoms with E-state index in [-0.39, 0.29) is 4.90 Å². The normalized spacial score (nSPS) is 11.0. The molecule has 3 rings (SSSR count). The van der Waals surface area contributed by atoms with Gasteiger partial charge in [0.2, 0.25) is 0 Å². The Kier molecular flexibility index (Phi) is 5.09. The summed E-state index contributed by atoms with van der Waals surface area (Å²) in [5, 5.41) is 0. The van der Waals surface area contributed by atoms with Gasteiger partial charge in [0, 0.05) is 11.8 Å². The van der Waals surface area contributed by atoms with Gasteiger partial charge in [0.25, 0.3) is 10.0 Å². The standard InChI is InChI=1S/C19H18N2O4S/c1-24-15-7-5-14(6-8-15)19-18(4-3-13-20-19)21-26(22,23)17-11-9-16(25-2)10-12-17/h3-13,21H,1-2H3. The predicted octanol–water partition coefficient (Wildman–Crippen LogP) is 3.57. The molecule has 6 nitrogen and oxygen atoms in total. The second kappa shape index (κ2) is 7.45. The molecule has 1 N–H and O–H groups in total. The Labute approximate surface area is 152 Å². The van der Waals surface area contributed by atoms with Crippen molar-refractivity contribution in [2.45, 2.75) is 4.90 Å². The van der Waals surface area contributed by atoms with Gasteiger partial charge < -0.3 is 9.47 Å². The first-order valence-electron chi connectivity index (χ1n) is 7.80. The molecule has 1 aromatic heterocycles. The molecule has 26 heavy (non-hydrogen) atoms. The predicted molar refractivity (Wildman–Crippen MR) is 100 cm³/mol. The number of hydrogen-bond donors (Lipinski definition) is 1. The molecule has 0 spiro atoms. The summed E-state index contributed by atoms with van der Waals surface area (Å²) >= 11 is 0. The largest absolute Gasteiger partial charge is 0.497 e. The lowest BCUT2D eigenvalue weighted by Crippen LogP contribution is -2.14. The number of nitrogens with one attached hydrogen (secondary N) is 1. The topological polar surface area (TPSA) is 77.5 Å². The van der Waals surface area contributed by atoms with E-state index < -0.39 is 10.0 Å². The van der Waals surface area contributed by atoms with E-state index in [2.05, 4.69) is 9.71 Å². The van der Waals surface area contributed by atoms with Gasteiger partial charge in [0.1, 0.15) is 11.5 Å². The molecule has 0 aliphatic heterocycles. The number of aromatic nitrogens is 1. The summed E-state index contributed by atoms with van der Waals surface area (Å²) in [7, 11) is -0.638. The summed E-state index contributed by atoms with van der Waals surface area (Å²) in [6.45, 7) is 0. The molecule has 0 amide bonds. The van der Waals surface area contributed by atoms with Gasteiger partial charge in [-0.05, 0) is 60.7 Å². The second-order valence-electron chi connectivity index (χ2n) is 5.41. The van der Waals surface area contributed by atoms with E-state index in [1.807, 2.05) is 12.1 Å². The van der Waals surface area contributed by atoms with Gasteiger partial charge >= 0.3 is 0 Å². The van der Waals surface area contributed by atoms with E-state index in [1.54, 1.807) is 49.7 Å². The minimum Gasteiger partial charge on any atom is -0.497 e. The summed E-state index contributed by atoms with van der Waals surface area (Å²) in [6.07, 6.45) is 1.62. The van der Waals surface area contributed by atoms with Crippen molar-refractivity contribution in [2.75, 3.05) is 18.9 Å². The molecular weight excluding hydrogens is 352 g/mol. The van der Waals surface area contributed by atoms with E-state index in [1.165, 1.54) is 19.2 Å². The van der Waals surface area contributed by atoms with Crippen molar-refractivity contribution < 1.29 is 17.9 Å². The molecule has 0 aliphatic rings. The van der Waals surface area contributed by atoms with Gasteiger partial charge in [-0.25, -0.2) is 8.42 Å². The van der Waals surface area contributed by atoms with Crippen LogP contribution in [0.25, 0.3) is 11.3 Å². The number of benzene rings is 2. The van der Waals surface area contributed by atoms with Gasteiger partial charge in [-0.2, -0.15) is 0 Å². The van der Waals surface area contributed by atoms with Crippen molar-refractivity contribution >= 4 is 15.7 Å². The first-order valence-corrected chi connectivity index (χ1v) is 9.28. The number of rotatable bonds is 6. The number of pyridine rings is 1. The molecule has 0 radical (unpaired) electrons. The van der Waals surface area contributed by atoms with Crippen LogP contribution in [0.5, 0.6) is 11.5 Å². The smallest absolute Gasteiger partial charge is 0.261 e. The lowest BCUT2D eigenvalue weighted by molar-refractivity contribution is 0.414. The molecule has 2 aromatic carbocycles. The van der Waals surface area contributed by atoms with Crippen LogP contribution >= 0.6 is 0 Å². The van der Waals surface area contributed by atoms with Gasteiger partial charge in [-0.15, -0.1) is 0 Å². The number of hydrogen-bond acceptors (Lipinski definition) is 5. The van der Waals surface area contributed by atoms with Crippen LogP contribution in [-0.4, -0.2) is 27.6 Å². The van der Waals surface area contributed by atoms with Gasteiger partial charge in [0.15, 0.2) is 0 Å². The maximum absolute atomic E-state index is 12.7. The maximum atomic E-state index is 12.7. The monoisotopic (exact) mass is 370 g/mol. The van der Waals surface area contributed by atoms with Crippen LogP contribution in [0.2, 0.25) is 0 Å². The fourth-order valence-corrected chi connectivity index (χ4v) is 3.49. The minimum absolute atomic E-state index is 0.142. The van der Waals surface area contributed by atoms with Gasteiger partial charge in [-0.1, -0.05) is 0 Å². The van der Waals surface area contributed by atoms with E-state index in [9.17, 15) is 8.42 Å². The molecule has 0 unspecified atom stereocenters. The Morgan fingerprint density at radius 2 is 1.42 bits per heavy atom. The fourth-order valence-electron chi connectivity index (χ4n) is 2.43. The highest BCUT2D eigenvalue weighted by atomic mass is 32.2. The molecule has 7 heteroatoms. The summed E-state index contributed by atoms with van der Waals surface area (Å²) in [6, 6.07) is 16.8. The highest BCUT2D eigenvalue weighted by Crippen LogP contribution is 2.29.